The summed E-state index contributed by atoms with van der Waals surface area (Å²) in [5.74, 6) is -0.205. The van der Waals surface area contributed by atoms with Crippen LogP contribution in [0.3, 0.4) is 0 Å². The lowest BCUT2D eigenvalue weighted by atomic mass is 10.3. The zero-order valence-electron chi connectivity index (χ0n) is 10.8. The van der Waals surface area contributed by atoms with Crippen LogP contribution in [0.2, 0.25) is 5.02 Å². The second kappa shape index (κ2) is 5.51. The average Bonchev–Trinajstić information content (AvgIpc) is 2.46. The number of thioether (sulfide) groups is 1. The van der Waals surface area contributed by atoms with E-state index < -0.39 is 15.8 Å². The van der Waals surface area contributed by atoms with E-state index in [-0.39, 0.29) is 9.92 Å². The molecule has 0 aliphatic carbocycles. The van der Waals surface area contributed by atoms with E-state index in [4.69, 9.17) is 11.6 Å². The van der Waals surface area contributed by atoms with E-state index in [1.807, 2.05) is 12.1 Å². The summed E-state index contributed by atoms with van der Waals surface area (Å²) in [6, 6.07) is 10.8. The number of benzene rings is 2. The summed E-state index contributed by atoms with van der Waals surface area (Å²) < 4.78 is 40.7. The summed E-state index contributed by atoms with van der Waals surface area (Å²) in [5.41, 5.74) is 0.586. The zero-order valence-corrected chi connectivity index (χ0v) is 13.2. The first-order valence-corrected chi connectivity index (χ1v) is 9.00. The van der Waals surface area contributed by atoms with Crippen LogP contribution in [0.4, 0.5) is 10.1 Å². The highest BCUT2D eigenvalue weighted by Gasteiger charge is 2.31. The van der Waals surface area contributed by atoms with E-state index in [1.165, 1.54) is 16.4 Å². The molecule has 3 nitrogen and oxygen atoms in total. The molecule has 0 aromatic heterocycles. The lowest BCUT2D eigenvalue weighted by Gasteiger charge is -2.30. The lowest BCUT2D eigenvalue weighted by Crippen LogP contribution is -2.35. The Morgan fingerprint density at radius 3 is 2.71 bits per heavy atom. The molecular formula is C14H11ClFNO2S2. The number of halogens is 2. The minimum atomic E-state index is -3.94. The van der Waals surface area contributed by atoms with Gasteiger partial charge in [0.2, 0.25) is 0 Å². The molecule has 0 amide bonds. The number of rotatable bonds is 2. The van der Waals surface area contributed by atoms with E-state index >= 15 is 0 Å². The van der Waals surface area contributed by atoms with Gasteiger partial charge in [-0.25, -0.2) is 12.8 Å². The summed E-state index contributed by atoms with van der Waals surface area (Å²) in [7, 11) is -3.94. The fourth-order valence-corrected chi connectivity index (χ4v) is 5.06. The molecular weight excluding hydrogens is 333 g/mol. The Morgan fingerprint density at radius 1 is 1.19 bits per heavy atom. The van der Waals surface area contributed by atoms with Gasteiger partial charge < -0.3 is 0 Å². The van der Waals surface area contributed by atoms with Gasteiger partial charge in [-0.3, -0.25) is 4.31 Å². The van der Waals surface area contributed by atoms with Crippen molar-refractivity contribution in [2.45, 2.75) is 9.79 Å². The number of fused-ring (bicyclic) bond motifs is 1. The number of anilines is 1. The van der Waals surface area contributed by atoms with E-state index in [0.717, 1.165) is 11.0 Å². The minimum Gasteiger partial charge on any atom is -0.264 e. The summed E-state index contributed by atoms with van der Waals surface area (Å²) >= 11 is 7.27. The van der Waals surface area contributed by atoms with Crippen molar-refractivity contribution in [1.29, 1.82) is 0 Å². The van der Waals surface area contributed by atoms with Crippen LogP contribution in [0.5, 0.6) is 0 Å². The number of nitrogens with zero attached hydrogens (tertiary/aromatic N) is 1. The van der Waals surface area contributed by atoms with E-state index in [9.17, 15) is 12.8 Å². The molecule has 0 atom stereocenters. The van der Waals surface area contributed by atoms with E-state index in [2.05, 4.69) is 0 Å². The van der Waals surface area contributed by atoms with Gasteiger partial charge in [0.25, 0.3) is 10.0 Å². The smallest absolute Gasteiger partial charge is 0.264 e. The first-order chi connectivity index (χ1) is 10.00. The van der Waals surface area contributed by atoms with Crippen LogP contribution in [0, 0.1) is 5.82 Å². The number of para-hydroxylation sites is 1. The van der Waals surface area contributed by atoms with Crippen molar-refractivity contribution in [2.75, 3.05) is 16.6 Å². The zero-order chi connectivity index (χ0) is 15.0. The topological polar surface area (TPSA) is 37.4 Å². The summed E-state index contributed by atoms with van der Waals surface area (Å²) in [6.45, 7) is 0.312. The molecule has 0 bridgehead atoms. The third kappa shape index (κ3) is 2.63. The summed E-state index contributed by atoms with van der Waals surface area (Å²) in [4.78, 5) is 0.523. The van der Waals surface area contributed by atoms with Crippen molar-refractivity contribution in [3.8, 4) is 0 Å². The highest BCUT2D eigenvalue weighted by molar-refractivity contribution is 8.00. The molecule has 3 rings (SSSR count). The van der Waals surface area contributed by atoms with Crippen LogP contribution in [0.25, 0.3) is 0 Å². The number of sulfonamides is 1. The van der Waals surface area contributed by atoms with Crippen LogP contribution in [0.1, 0.15) is 0 Å². The van der Waals surface area contributed by atoms with Crippen molar-refractivity contribution in [3.05, 3.63) is 53.3 Å². The first kappa shape index (κ1) is 14.7. The van der Waals surface area contributed by atoms with Gasteiger partial charge >= 0.3 is 0 Å². The molecule has 2 aromatic rings. The van der Waals surface area contributed by atoms with Crippen molar-refractivity contribution in [1.82, 2.24) is 0 Å². The fourth-order valence-electron chi connectivity index (χ4n) is 2.20. The van der Waals surface area contributed by atoms with Crippen molar-refractivity contribution in [3.63, 3.8) is 0 Å². The van der Waals surface area contributed by atoms with Gasteiger partial charge in [-0.1, -0.05) is 23.7 Å². The van der Waals surface area contributed by atoms with Crippen LogP contribution in [-0.4, -0.2) is 20.7 Å². The molecule has 0 radical (unpaired) electrons. The third-order valence-electron chi connectivity index (χ3n) is 3.15. The molecule has 0 N–H and O–H groups in total. The monoisotopic (exact) mass is 343 g/mol. The molecule has 110 valence electrons. The summed E-state index contributed by atoms with van der Waals surface area (Å²) in [6.07, 6.45) is 0. The van der Waals surface area contributed by atoms with Crippen LogP contribution in [-0.2, 0) is 10.0 Å². The predicted octanol–water partition coefficient (Wildman–Crippen LogP) is 3.78. The molecule has 2 aromatic carbocycles. The van der Waals surface area contributed by atoms with E-state index in [0.29, 0.717) is 18.0 Å². The van der Waals surface area contributed by atoms with Crippen molar-refractivity contribution in [2.24, 2.45) is 0 Å². The fraction of sp³-hybridized carbons (Fsp3) is 0.143. The third-order valence-corrected chi connectivity index (χ3v) is 6.27. The molecule has 0 spiro atoms. The van der Waals surface area contributed by atoms with Crippen LogP contribution >= 0.6 is 23.4 Å². The van der Waals surface area contributed by atoms with Gasteiger partial charge in [0.1, 0.15) is 10.7 Å². The lowest BCUT2D eigenvalue weighted by molar-refractivity contribution is 0.564. The second-order valence-corrected chi connectivity index (χ2v) is 7.87. The molecule has 1 heterocycles. The molecule has 0 saturated carbocycles. The Bertz CT molecular complexity index is 795. The Hall–Kier alpha value is -1.24. The predicted molar refractivity (Wildman–Crippen MR) is 83.1 cm³/mol. The van der Waals surface area contributed by atoms with Gasteiger partial charge in [-0.2, -0.15) is 0 Å². The van der Waals surface area contributed by atoms with Crippen molar-refractivity contribution < 1.29 is 12.8 Å². The van der Waals surface area contributed by atoms with Crippen LogP contribution < -0.4 is 4.31 Å². The Kier molecular flexibility index (Phi) is 3.86. The maximum absolute atomic E-state index is 14.0. The molecule has 1 aliphatic heterocycles. The standard InChI is InChI=1S/C14H11ClFNO2S2/c15-10-5-6-14(11(16)9-10)21(18,19)17-7-8-20-13-4-2-1-3-12(13)17/h1-6,9H,7-8H2. The molecule has 7 heteroatoms. The van der Waals surface area contributed by atoms with Gasteiger partial charge in [-0.05, 0) is 30.3 Å². The largest absolute Gasteiger partial charge is 0.267 e. The average molecular weight is 344 g/mol. The van der Waals surface area contributed by atoms with Gasteiger partial charge in [0.15, 0.2) is 0 Å². The van der Waals surface area contributed by atoms with E-state index in [1.54, 1.807) is 23.9 Å². The maximum atomic E-state index is 14.0. The minimum absolute atomic E-state index is 0.168. The Morgan fingerprint density at radius 2 is 1.95 bits per heavy atom. The highest BCUT2D eigenvalue weighted by atomic mass is 35.5. The van der Waals surface area contributed by atoms with Gasteiger partial charge in [-0.15, -0.1) is 11.8 Å². The maximum Gasteiger partial charge on any atom is 0.267 e. The number of hydrogen-bond acceptors (Lipinski definition) is 3. The molecule has 0 saturated heterocycles. The van der Waals surface area contributed by atoms with Crippen LogP contribution in [0.15, 0.2) is 52.3 Å². The quantitative estimate of drug-likeness (QED) is 0.832. The Labute approximate surface area is 131 Å². The van der Waals surface area contributed by atoms with Gasteiger partial charge in [0.05, 0.1) is 5.69 Å². The molecule has 21 heavy (non-hydrogen) atoms. The highest BCUT2D eigenvalue weighted by Crippen LogP contribution is 2.37. The molecule has 1 aliphatic rings. The summed E-state index contributed by atoms with van der Waals surface area (Å²) in [5, 5.41) is 0.168. The SMILES string of the molecule is O=S(=O)(c1ccc(Cl)cc1F)N1CCSc2ccccc21. The Balaban J connectivity index is 2.12. The first-order valence-electron chi connectivity index (χ1n) is 6.20. The van der Waals surface area contributed by atoms with Crippen molar-refractivity contribution >= 4 is 39.1 Å². The molecule has 0 unspecified atom stereocenters. The second-order valence-electron chi connectivity index (χ2n) is 4.47. The van der Waals surface area contributed by atoms with Gasteiger partial charge in [0, 0.05) is 22.2 Å². The number of hydrogen-bond donors (Lipinski definition) is 0. The molecule has 0 fully saturated rings. The normalized spacial score (nSPS) is 14.9.